The Morgan fingerprint density at radius 1 is 0.931 bits per heavy atom. The van der Waals surface area contributed by atoms with Gasteiger partial charge in [0.2, 0.25) is 10.0 Å². The highest BCUT2D eigenvalue weighted by atomic mass is 32.2. The maximum Gasteiger partial charge on any atom is 0.238 e. The first-order chi connectivity index (χ1) is 13.9. The molecule has 4 aromatic rings. The second kappa shape index (κ2) is 7.62. The molecule has 0 spiro atoms. The van der Waals surface area contributed by atoms with Crippen molar-refractivity contribution in [1.29, 1.82) is 0 Å². The van der Waals surface area contributed by atoms with E-state index in [2.05, 4.69) is 4.98 Å². The van der Waals surface area contributed by atoms with Crippen LogP contribution < -0.4 is 5.14 Å². The Morgan fingerprint density at radius 3 is 2.38 bits per heavy atom. The van der Waals surface area contributed by atoms with Gasteiger partial charge in [-0.2, -0.15) is 0 Å². The zero-order valence-corrected chi connectivity index (χ0v) is 16.1. The fourth-order valence-electron chi connectivity index (χ4n) is 3.13. The molecule has 1 aromatic heterocycles. The van der Waals surface area contributed by atoms with Crippen LogP contribution in [0.1, 0.15) is 11.5 Å². The van der Waals surface area contributed by atoms with Crippen molar-refractivity contribution in [2.45, 2.75) is 11.3 Å². The molecule has 4 rings (SSSR count). The predicted molar refractivity (Wildman–Crippen MR) is 108 cm³/mol. The number of hydrogen-bond acceptors (Lipinski definition) is 4. The van der Waals surface area contributed by atoms with Crippen LogP contribution in [-0.2, 0) is 16.4 Å². The normalized spacial score (nSPS) is 11.5. The number of benzene rings is 3. The molecule has 0 bridgehead atoms. The zero-order chi connectivity index (χ0) is 20.4. The van der Waals surface area contributed by atoms with Gasteiger partial charge in [0.15, 0.2) is 11.7 Å². The molecule has 0 saturated heterocycles. The number of nitrogens with zero attached hydrogens (tertiary/aromatic N) is 1. The van der Waals surface area contributed by atoms with Gasteiger partial charge in [0.1, 0.15) is 11.5 Å². The molecule has 5 nitrogen and oxygen atoms in total. The maximum absolute atomic E-state index is 13.8. The number of sulfonamides is 1. The minimum Gasteiger partial charge on any atom is -0.440 e. The van der Waals surface area contributed by atoms with E-state index in [4.69, 9.17) is 9.56 Å². The summed E-state index contributed by atoms with van der Waals surface area (Å²) in [4.78, 5) is 4.47. The number of hydrogen-bond donors (Lipinski definition) is 1. The van der Waals surface area contributed by atoms with Crippen molar-refractivity contribution >= 4 is 10.0 Å². The molecule has 3 aromatic carbocycles. The van der Waals surface area contributed by atoms with E-state index in [-0.39, 0.29) is 10.7 Å². The van der Waals surface area contributed by atoms with Crippen molar-refractivity contribution < 1.29 is 17.2 Å². The van der Waals surface area contributed by atoms with Crippen LogP contribution >= 0.6 is 0 Å². The summed E-state index contributed by atoms with van der Waals surface area (Å²) in [6, 6.07) is 21.7. The van der Waals surface area contributed by atoms with E-state index in [9.17, 15) is 12.8 Å². The van der Waals surface area contributed by atoms with Gasteiger partial charge in [0, 0.05) is 17.5 Å². The Hall–Kier alpha value is -3.29. The molecule has 146 valence electrons. The monoisotopic (exact) mass is 408 g/mol. The van der Waals surface area contributed by atoms with E-state index in [1.807, 2.05) is 30.3 Å². The van der Waals surface area contributed by atoms with E-state index >= 15 is 0 Å². The largest absolute Gasteiger partial charge is 0.440 e. The van der Waals surface area contributed by atoms with Gasteiger partial charge in [-0.25, -0.2) is 22.9 Å². The SMILES string of the molecule is NS(=O)(=O)c1ccccc1-c1nc(Cc2ccccc2)oc1-c1cccc(F)c1. The molecule has 0 fully saturated rings. The standard InChI is InChI=1S/C22H17FN2O3S/c23-17-10-6-9-16(14-17)22-21(18-11-4-5-12-19(18)29(24,26)27)25-20(28-22)13-15-7-2-1-3-8-15/h1-12,14H,13H2,(H2,24,26,27). The molecule has 0 amide bonds. The Bertz CT molecular complexity index is 1270. The summed E-state index contributed by atoms with van der Waals surface area (Å²) in [5.41, 5.74) is 2.03. The number of halogens is 1. The fraction of sp³-hybridized carbons (Fsp3) is 0.0455. The Kier molecular flexibility index (Phi) is 5.00. The zero-order valence-electron chi connectivity index (χ0n) is 15.2. The van der Waals surface area contributed by atoms with Gasteiger partial charge in [-0.1, -0.05) is 60.7 Å². The first-order valence-electron chi connectivity index (χ1n) is 8.83. The number of aromatic nitrogens is 1. The summed E-state index contributed by atoms with van der Waals surface area (Å²) in [5, 5.41) is 5.39. The molecule has 0 aliphatic heterocycles. The third kappa shape index (κ3) is 4.11. The predicted octanol–water partition coefficient (Wildman–Crippen LogP) is 4.39. The van der Waals surface area contributed by atoms with Gasteiger partial charge in [-0.05, 0) is 23.8 Å². The third-order valence-corrected chi connectivity index (χ3v) is 5.37. The first-order valence-corrected chi connectivity index (χ1v) is 10.4. The number of primary sulfonamides is 1. The Morgan fingerprint density at radius 2 is 1.66 bits per heavy atom. The van der Waals surface area contributed by atoms with Crippen molar-refractivity contribution in [3.05, 3.63) is 96.1 Å². The lowest BCUT2D eigenvalue weighted by molar-refractivity contribution is 0.518. The minimum atomic E-state index is -3.99. The van der Waals surface area contributed by atoms with E-state index in [1.165, 1.54) is 18.2 Å². The molecule has 0 atom stereocenters. The second-order valence-electron chi connectivity index (χ2n) is 6.50. The van der Waals surface area contributed by atoms with Crippen LogP contribution in [0.25, 0.3) is 22.6 Å². The summed E-state index contributed by atoms with van der Waals surface area (Å²) in [6.07, 6.45) is 0.403. The van der Waals surface area contributed by atoms with Crippen molar-refractivity contribution in [3.63, 3.8) is 0 Å². The molecule has 0 aliphatic carbocycles. The van der Waals surface area contributed by atoms with Gasteiger partial charge in [0.05, 0.1) is 4.90 Å². The van der Waals surface area contributed by atoms with Crippen LogP contribution in [0.3, 0.4) is 0 Å². The molecule has 29 heavy (non-hydrogen) atoms. The Balaban J connectivity index is 1.91. The molecule has 0 saturated carbocycles. The number of rotatable bonds is 5. The highest BCUT2D eigenvalue weighted by Crippen LogP contribution is 2.36. The van der Waals surface area contributed by atoms with Gasteiger partial charge in [-0.3, -0.25) is 0 Å². The van der Waals surface area contributed by atoms with Gasteiger partial charge in [-0.15, -0.1) is 0 Å². The molecular formula is C22H17FN2O3S. The van der Waals surface area contributed by atoms with Crippen molar-refractivity contribution in [2.24, 2.45) is 5.14 Å². The van der Waals surface area contributed by atoms with Crippen LogP contribution in [0, 0.1) is 5.82 Å². The quantitative estimate of drug-likeness (QED) is 0.531. The van der Waals surface area contributed by atoms with Gasteiger partial charge in [0.25, 0.3) is 0 Å². The number of nitrogens with two attached hydrogens (primary N) is 1. The highest BCUT2D eigenvalue weighted by molar-refractivity contribution is 7.89. The average Bonchev–Trinajstić information content (AvgIpc) is 3.12. The molecule has 2 N–H and O–H groups in total. The van der Waals surface area contributed by atoms with Crippen LogP contribution in [-0.4, -0.2) is 13.4 Å². The molecule has 0 aliphatic rings. The molecular weight excluding hydrogens is 391 g/mol. The van der Waals surface area contributed by atoms with Gasteiger partial charge >= 0.3 is 0 Å². The summed E-state index contributed by atoms with van der Waals surface area (Å²) in [6.45, 7) is 0. The lowest BCUT2D eigenvalue weighted by Crippen LogP contribution is -2.13. The van der Waals surface area contributed by atoms with Crippen LogP contribution in [0.5, 0.6) is 0 Å². The topological polar surface area (TPSA) is 86.2 Å². The summed E-state index contributed by atoms with van der Waals surface area (Å²) >= 11 is 0. The molecule has 7 heteroatoms. The smallest absolute Gasteiger partial charge is 0.238 e. The summed E-state index contributed by atoms with van der Waals surface area (Å²) in [7, 11) is -3.99. The van der Waals surface area contributed by atoms with E-state index in [0.717, 1.165) is 5.56 Å². The van der Waals surface area contributed by atoms with Crippen molar-refractivity contribution in [2.75, 3.05) is 0 Å². The minimum absolute atomic E-state index is 0.0720. The average molecular weight is 408 g/mol. The summed E-state index contributed by atoms with van der Waals surface area (Å²) < 4.78 is 44.0. The van der Waals surface area contributed by atoms with Crippen LogP contribution in [0.4, 0.5) is 4.39 Å². The lowest BCUT2D eigenvalue weighted by atomic mass is 10.1. The lowest BCUT2D eigenvalue weighted by Gasteiger charge is -2.07. The van der Waals surface area contributed by atoms with E-state index < -0.39 is 15.8 Å². The molecule has 0 radical (unpaired) electrons. The van der Waals surface area contributed by atoms with E-state index in [1.54, 1.807) is 30.3 Å². The van der Waals surface area contributed by atoms with Crippen LogP contribution in [0.15, 0.2) is 88.2 Å². The number of oxazole rings is 1. The summed E-state index contributed by atoms with van der Waals surface area (Å²) in [5.74, 6) is 0.232. The van der Waals surface area contributed by atoms with Crippen LogP contribution in [0.2, 0.25) is 0 Å². The maximum atomic E-state index is 13.8. The first kappa shape index (κ1) is 19.0. The van der Waals surface area contributed by atoms with Gasteiger partial charge < -0.3 is 4.42 Å². The van der Waals surface area contributed by atoms with Crippen molar-refractivity contribution in [1.82, 2.24) is 4.98 Å². The third-order valence-electron chi connectivity index (χ3n) is 4.41. The van der Waals surface area contributed by atoms with E-state index in [0.29, 0.717) is 29.1 Å². The van der Waals surface area contributed by atoms with Crippen molar-refractivity contribution in [3.8, 4) is 22.6 Å². The Labute approximate surface area is 167 Å². The molecule has 1 heterocycles. The highest BCUT2D eigenvalue weighted by Gasteiger charge is 2.23. The fourth-order valence-corrected chi connectivity index (χ4v) is 3.87. The second-order valence-corrected chi connectivity index (χ2v) is 8.03. The molecule has 0 unspecified atom stereocenters.